The van der Waals surface area contributed by atoms with E-state index in [0.29, 0.717) is 0 Å². The van der Waals surface area contributed by atoms with Gasteiger partial charge in [-0.2, -0.15) is 0 Å². The first-order valence-corrected chi connectivity index (χ1v) is 8.43. The number of para-hydroxylation sites is 1. The number of rotatable bonds is 5. The molecule has 0 bridgehead atoms. The molecule has 2 heteroatoms. The second-order valence-electron chi connectivity index (χ2n) is 6.48. The standard InChI is InChI=1S/C18H28N2/c1-2-15-6-5-12-20(13-11-15)18-8-4-3-7-16(18)14-19-17-9-10-17/h3-4,7-8,15,17,19H,2,5-6,9-14H2,1H3. The molecule has 0 aromatic heterocycles. The summed E-state index contributed by atoms with van der Waals surface area (Å²) in [4.78, 5) is 2.62. The monoisotopic (exact) mass is 272 g/mol. The minimum absolute atomic E-state index is 0.789. The Morgan fingerprint density at radius 3 is 2.75 bits per heavy atom. The van der Waals surface area contributed by atoms with Crippen molar-refractivity contribution in [2.75, 3.05) is 18.0 Å². The highest BCUT2D eigenvalue weighted by Crippen LogP contribution is 2.28. The van der Waals surface area contributed by atoms with Crippen LogP contribution in [0.15, 0.2) is 24.3 Å². The molecular weight excluding hydrogens is 244 g/mol. The molecule has 2 fully saturated rings. The number of nitrogens with zero attached hydrogens (tertiary/aromatic N) is 1. The molecule has 1 aliphatic heterocycles. The van der Waals surface area contributed by atoms with Gasteiger partial charge in [0.25, 0.3) is 0 Å². The van der Waals surface area contributed by atoms with Gasteiger partial charge in [0.05, 0.1) is 0 Å². The molecule has 0 radical (unpaired) electrons. The molecule has 110 valence electrons. The fourth-order valence-corrected chi connectivity index (χ4v) is 3.33. The van der Waals surface area contributed by atoms with Crippen LogP contribution in [0.25, 0.3) is 0 Å². The van der Waals surface area contributed by atoms with Crippen molar-refractivity contribution < 1.29 is 0 Å². The highest BCUT2D eigenvalue weighted by atomic mass is 15.1. The molecule has 1 N–H and O–H groups in total. The molecule has 1 saturated heterocycles. The Morgan fingerprint density at radius 1 is 1.10 bits per heavy atom. The number of hydrogen-bond donors (Lipinski definition) is 1. The van der Waals surface area contributed by atoms with Crippen LogP contribution in [0, 0.1) is 5.92 Å². The van der Waals surface area contributed by atoms with Gasteiger partial charge in [-0.3, -0.25) is 0 Å². The summed E-state index contributed by atoms with van der Waals surface area (Å²) in [5.41, 5.74) is 2.95. The quantitative estimate of drug-likeness (QED) is 0.873. The molecule has 2 nitrogen and oxygen atoms in total. The third kappa shape index (κ3) is 3.54. The fraction of sp³-hybridized carbons (Fsp3) is 0.667. The minimum Gasteiger partial charge on any atom is -0.371 e. The normalized spacial score (nSPS) is 23.6. The molecular formula is C18H28N2. The highest BCUT2D eigenvalue weighted by Gasteiger charge is 2.22. The molecule has 1 heterocycles. The van der Waals surface area contributed by atoms with E-state index in [-0.39, 0.29) is 0 Å². The Morgan fingerprint density at radius 2 is 1.95 bits per heavy atom. The molecule has 1 unspecified atom stereocenters. The van der Waals surface area contributed by atoms with Crippen LogP contribution in [0.5, 0.6) is 0 Å². The van der Waals surface area contributed by atoms with E-state index in [9.17, 15) is 0 Å². The predicted molar refractivity (Wildman–Crippen MR) is 86.1 cm³/mol. The van der Waals surface area contributed by atoms with E-state index in [0.717, 1.165) is 18.5 Å². The third-order valence-electron chi connectivity index (χ3n) is 4.92. The van der Waals surface area contributed by atoms with Crippen LogP contribution in [-0.4, -0.2) is 19.1 Å². The smallest absolute Gasteiger partial charge is 0.0411 e. The molecule has 1 atom stereocenters. The first kappa shape index (κ1) is 13.9. The molecule has 0 amide bonds. The zero-order valence-corrected chi connectivity index (χ0v) is 12.8. The van der Waals surface area contributed by atoms with Gasteiger partial charge in [0.2, 0.25) is 0 Å². The second-order valence-corrected chi connectivity index (χ2v) is 6.48. The van der Waals surface area contributed by atoms with Crippen LogP contribution < -0.4 is 10.2 Å². The largest absolute Gasteiger partial charge is 0.371 e. The second kappa shape index (κ2) is 6.62. The Kier molecular flexibility index (Phi) is 4.62. The number of benzene rings is 1. The minimum atomic E-state index is 0.789. The van der Waals surface area contributed by atoms with Crippen molar-refractivity contribution in [3.63, 3.8) is 0 Å². The van der Waals surface area contributed by atoms with Crippen molar-refractivity contribution in [2.24, 2.45) is 5.92 Å². The van der Waals surface area contributed by atoms with Crippen LogP contribution in [0.4, 0.5) is 5.69 Å². The maximum atomic E-state index is 3.66. The van der Waals surface area contributed by atoms with Gasteiger partial charge in [-0.05, 0) is 49.7 Å². The van der Waals surface area contributed by atoms with Crippen LogP contribution in [0.2, 0.25) is 0 Å². The maximum Gasteiger partial charge on any atom is 0.0411 e. The number of nitrogens with one attached hydrogen (secondary N) is 1. The average molecular weight is 272 g/mol. The molecule has 3 rings (SSSR count). The number of hydrogen-bond acceptors (Lipinski definition) is 2. The summed E-state index contributed by atoms with van der Waals surface area (Å²) in [5, 5.41) is 3.66. The maximum absolute atomic E-state index is 3.66. The van der Waals surface area contributed by atoms with E-state index in [2.05, 4.69) is 41.4 Å². The lowest BCUT2D eigenvalue weighted by atomic mass is 9.98. The Balaban J connectivity index is 1.68. The van der Waals surface area contributed by atoms with Gasteiger partial charge in [0.1, 0.15) is 0 Å². The zero-order chi connectivity index (χ0) is 13.8. The van der Waals surface area contributed by atoms with Gasteiger partial charge in [-0.25, -0.2) is 0 Å². The van der Waals surface area contributed by atoms with E-state index >= 15 is 0 Å². The van der Waals surface area contributed by atoms with Gasteiger partial charge in [0, 0.05) is 31.4 Å². The molecule has 20 heavy (non-hydrogen) atoms. The van der Waals surface area contributed by atoms with Crippen LogP contribution in [-0.2, 0) is 6.54 Å². The van der Waals surface area contributed by atoms with Crippen molar-refractivity contribution in [3.8, 4) is 0 Å². The first-order valence-electron chi connectivity index (χ1n) is 8.43. The van der Waals surface area contributed by atoms with Crippen molar-refractivity contribution >= 4 is 5.69 Å². The lowest BCUT2D eigenvalue weighted by Gasteiger charge is -2.26. The molecule has 1 aliphatic carbocycles. The van der Waals surface area contributed by atoms with E-state index in [1.54, 1.807) is 0 Å². The average Bonchev–Trinajstić information content (AvgIpc) is 3.32. The van der Waals surface area contributed by atoms with Gasteiger partial charge in [-0.1, -0.05) is 31.5 Å². The summed E-state index contributed by atoms with van der Waals surface area (Å²) >= 11 is 0. The topological polar surface area (TPSA) is 15.3 Å². The Hall–Kier alpha value is -1.02. The summed E-state index contributed by atoms with van der Waals surface area (Å²) < 4.78 is 0. The van der Waals surface area contributed by atoms with Gasteiger partial charge < -0.3 is 10.2 Å². The first-order chi connectivity index (χ1) is 9.86. The fourth-order valence-electron chi connectivity index (χ4n) is 3.33. The van der Waals surface area contributed by atoms with E-state index < -0.39 is 0 Å². The molecule has 1 saturated carbocycles. The molecule has 0 spiro atoms. The summed E-state index contributed by atoms with van der Waals surface area (Å²) in [6.45, 7) is 5.85. The predicted octanol–water partition coefficient (Wildman–Crippen LogP) is 3.96. The lowest BCUT2D eigenvalue weighted by Crippen LogP contribution is -2.26. The Bertz CT molecular complexity index is 425. The van der Waals surface area contributed by atoms with E-state index in [1.165, 1.54) is 62.9 Å². The summed E-state index contributed by atoms with van der Waals surface area (Å²) in [6.07, 6.45) is 8.20. The van der Waals surface area contributed by atoms with Crippen molar-refractivity contribution in [1.29, 1.82) is 0 Å². The summed E-state index contributed by atoms with van der Waals surface area (Å²) in [6, 6.07) is 9.78. The van der Waals surface area contributed by atoms with E-state index in [4.69, 9.17) is 0 Å². The zero-order valence-electron chi connectivity index (χ0n) is 12.8. The van der Waals surface area contributed by atoms with E-state index in [1.807, 2.05) is 0 Å². The van der Waals surface area contributed by atoms with Crippen molar-refractivity contribution in [2.45, 2.75) is 58.0 Å². The third-order valence-corrected chi connectivity index (χ3v) is 4.92. The number of anilines is 1. The van der Waals surface area contributed by atoms with Crippen LogP contribution in [0.1, 0.15) is 51.0 Å². The van der Waals surface area contributed by atoms with Crippen LogP contribution in [0.3, 0.4) is 0 Å². The summed E-state index contributed by atoms with van der Waals surface area (Å²) in [7, 11) is 0. The van der Waals surface area contributed by atoms with Crippen LogP contribution >= 0.6 is 0 Å². The molecule has 1 aromatic rings. The molecule has 2 aliphatic rings. The van der Waals surface area contributed by atoms with Crippen molar-refractivity contribution in [3.05, 3.63) is 29.8 Å². The lowest BCUT2D eigenvalue weighted by molar-refractivity contribution is 0.459. The van der Waals surface area contributed by atoms with Gasteiger partial charge >= 0.3 is 0 Å². The van der Waals surface area contributed by atoms with Gasteiger partial charge in [0.15, 0.2) is 0 Å². The van der Waals surface area contributed by atoms with Crippen molar-refractivity contribution in [1.82, 2.24) is 5.32 Å². The molecule has 1 aromatic carbocycles. The highest BCUT2D eigenvalue weighted by molar-refractivity contribution is 5.53. The summed E-state index contributed by atoms with van der Waals surface area (Å²) in [5.74, 6) is 0.941. The van der Waals surface area contributed by atoms with Gasteiger partial charge in [-0.15, -0.1) is 0 Å². The Labute approximate surface area is 123 Å². The SMILES string of the molecule is CCC1CCCN(c2ccccc2CNC2CC2)CC1.